The summed E-state index contributed by atoms with van der Waals surface area (Å²) in [5, 5.41) is 9.61. The summed E-state index contributed by atoms with van der Waals surface area (Å²) in [4.78, 5) is 13.9. The minimum atomic E-state index is -0.680. The first kappa shape index (κ1) is 12.1. The number of carbonyl (C=O) groups is 1. The maximum absolute atomic E-state index is 12.3. The zero-order valence-corrected chi connectivity index (χ0v) is 10.2. The van der Waals surface area contributed by atoms with E-state index in [1.807, 2.05) is 38.1 Å². The van der Waals surface area contributed by atoms with Crippen LogP contribution < -0.4 is 10.6 Å². The van der Waals surface area contributed by atoms with Crippen LogP contribution in [0.25, 0.3) is 0 Å². The number of β-amino-alcohol motifs (C(OH)–C–C–N with tert-alkyl or cyclic N) is 1. The number of hydrogen-bond acceptors (Lipinski definition) is 3. The first-order chi connectivity index (χ1) is 7.98. The SMILES string of the molecule is CC1(C)C(=O)N(C[C@@H](O)CN)c2ccccc21. The molecule has 1 aliphatic heterocycles. The lowest BCUT2D eigenvalue weighted by Crippen LogP contribution is -2.42. The van der Waals surface area contributed by atoms with E-state index in [1.54, 1.807) is 4.90 Å². The van der Waals surface area contributed by atoms with Crippen LogP contribution in [0.3, 0.4) is 0 Å². The van der Waals surface area contributed by atoms with Gasteiger partial charge in [-0.25, -0.2) is 0 Å². The highest BCUT2D eigenvalue weighted by Gasteiger charge is 2.43. The molecule has 17 heavy (non-hydrogen) atoms. The predicted octanol–water partition coefficient (Wildman–Crippen LogP) is 0.630. The molecule has 0 saturated heterocycles. The zero-order chi connectivity index (χ0) is 12.6. The molecular weight excluding hydrogens is 216 g/mol. The normalized spacial score (nSPS) is 19.3. The van der Waals surface area contributed by atoms with Gasteiger partial charge in [0.05, 0.1) is 18.1 Å². The molecule has 1 aliphatic rings. The molecule has 92 valence electrons. The highest BCUT2D eigenvalue weighted by atomic mass is 16.3. The molecule has 0 bridgehead atoms. The quantitative estimate of drug-likeness (QED) is 0.806. The van der Waals surface area contributed by atoms with Gasteiger partial charge in [0.15, 0.2) is 0 Å². The number of para-hydroxylation sites is 1. The number of amides is 1. The number of carbonyl (C=O) groups excluding carboxylic acids is 1. The van der Waals surface area contributed by atoms with Gasteiger partial charge in [-0.15, -0.1) is 0 Å². The lowest BCUT2D eigenvalue weighted by molar-refractivity contribution is -0.122. The Balaban J connectivity index is 2.39. The van der Waals surface area contributed by atoms with Gasteiger partial charge in [-0.05, 0) is 25.5 Å². The van der Waals surface area contributed by atoms with Crippen molar-refractivity contribution in [3.8, 4) is 0 Å². The second kappa shape index (κ2) is 4.13. The van der Waals surface area contributed by atoms with E-state index in [0.717, 1.165) is 11.3 Å². The van der Waals surface area contributed by atoms with Crippen LogP contribution in [0.15, 0.2) is 24.3 Å². The van der Waals surface area contributed by atoms with E-state index in [9.17, 15) is 9.90 Å². The maximum atomic E-state index is 12.3. The second-order valence-electron chi connectivity index (χ2n) is 4.95. The van der Waals surface area contributed by atoms with Gasteiger partial charge in [0.1, 0.15) is 0 Å². The van der Waals surface area contributed by atoms with Gasteiger partial charge in [0.2, 0.25) is 5.91 Å². The van der Waals surface area contributed by atoms with Crippen LogP contribution in [0.1, 0.15) is 19.4 Å². The summed E-state index contributed by atoms with van der Waals surface area (Å²) < 4.78 is 0. The Labute approximate surface area is 101 Å². The molecule has 1 atom stereocenters. The van der Waals surface area contributed by atoms with Gasteiger partial charge in [-0.2, -0.15) is 0 Å². The molecule has 3 N–H and O–H groups in total. The second-order valence-corrected chi connectivity index (χ2v) is 4.95. The lowest BCUT2D eigenvalue weighted by Gasteiger charge is -2.22. The van der Waals surface area contributed by atoms with Gasteiger partial charge in [0.25, 0.3) is 0 Å². The van der Waals surface area contributed by atoms with E-state index in [4.69, 9.17) is 5.73 Å². The molecule has 0 spiro atoms. The van der Waals surface area contributed by atoms with E-state index in [1.165, 1.54) is 0 Å². The Bertz CT molecular complexity index is 443. The van der Waals surface area contributed by atoms with Gasteiger partial charge in [0, 0.05) is 12.2 Å². The minimum Gasteiger partial charge on any atom is -0.390 e. The third-order valence-electron chi connectivity index (χ3n) is 3.31. The average molecular weight is 234 g/mol. The number of nitrogens with zero attached hydrogens (tertiary/aromatic N) is 1. The Morgan fingerprint density at radius 1 is 1.41 bits per heavy atom. The third-order valence-corrected chi connectivity index (χ3v) is 3.31. The van der Waals surface area contributed by atoms with Crippen LogP contribution >= 0.6 is 0 Å². The van der Waals surface area contributed by atoms with Gasteiger partial charge in [-0.1, -0.05) is 18.2 Å². The Morgan fingerprint density at radius 2 is 2.06 bits per heavy atom. The first-order valence-corrected chi connectivity index (χ1v) is 5.78. The molecule has 0 aliphatic carbocycles. The molecule has 0 unspecified atom stereocenters. The average Bonchev–Trinajstić information content (AvgIpc) is 2.51. The van der Waals surface area contributed by atoms with Crippen LogP contribution in [0.2, 0.25) is 0 Å². The molecule has 1 aromatic carbocycles. The van der Waals surface area contributed by atoms with Crippen LogP contribution in [0, 0.1) is 0 Å². The molecular formula is C13H18N2O2. The molecule has 1 aromatic rings. The van der Waals surface area contributed by atoms with Crippen molar-refractivity contribution >= 4 is 11.6 Å². The summed E-state index contributed by atoms with van der Waals surface area (Å²) >= 11 is 0. The highest BCUT2D eigenvalue weighted by molar-refractivity contribution is 6.07. The largest absolute Gasteiger partial charge is 0.390 e. The standard InChI is InChI=1S/C13H18N2O2/c1-13(2)10-5-3-4-6-11(10)15(12(13)17)8-9(16)7-14/h3-6,9,16H,7-8,14H2,1-2H3/t9-/m0/s1. The number of aliphatic hydroxyl groups is 1. The summed E-state index contributed by atoms with van der Waals surface area (Å²) in [6, 6.07) is 7.69. The monoisotopic (exact) mass is 234 g/mol. The van der Waals surface area contributed by atoms with E-state index in [-0.39, 0.29) is 19.0 Å². The van der Waals surface area contributed by atoms with Gasteiger partial charge in [-0.3, -0.25) is 4.79 Å². The number of benzene rings is 1. The van der Waals surface area contributed by atoms with Crippen molar-refractivity contribution in [3.63, 3.8) is 0 Å². The highest BCUT2D eigenvalue weighted by Crippen LogP contribution is 2.41. The smallest absolute Gasteiger partial charge is 0.237 e. The Morgan fingerprint density at radius 3 is 2.71 bits per heavy atom. The number of nitrogens with two attached hydrogens (primary N) is 1. The van der Waals surface area contributed by atoms with Crippen molar-refractivity contribution in [2.24, 2.45) is 5.73 Å². The summed E-state index contributed by atoms with van der Waals surface area (Å²) in [5.74, 6) is 0.0196. The number of aliphatic hydroxyl groups excluding tert-OH is 1. The lowest BCUT2D eigenvalue weighted by atomic mass is 9.86. The third kappa shape index (κ3) is 1.83. The summed E-state index contributed by atoms with van der Waals surface area (Å²) in [7, 11) is 0. The molecule has 1 amide bonds. The molecule has 0 saturated carbocycles. The van der Waals surface area contributed by atoms with Crippen molar-refractivity contribution in [1.82, 2.24) is 0 Å². The molecule has 4 heteroatoms. The molecule has 4 nitrogen and oxygen atoms in total. The van der Waals surface area contributed by atoms with Crippen LogP contribution in [0.5, 0.6) is 0 Å². The maximum Gasteiger partial charge on any atom is 0.237 e. The van der Waals surface area contributed by atoms with E-state index in [0.29, 0.717) is 0 Å². The van der Waals surface area contributed by atoms with Crippen LogP contribution in [-0.2, 0) is 10.2 Å². The van der Waals surface area contributed by atoms with Gasteiger partial charge >= 0.3 is 0 Å². The molecule has 0 fully saturated rings. The number of rotatable bonds is 3. The number of anilines is 1. The van der Waals surface area contributed by atoms with Crippen LogP contribution in [-0.4, -0.2) is 30.2 Å². The fourth-order valence-electron chi connectivity index (χ4n) is 2.27. The Kier molecular flexibility index (Phi) is 2.93. The molecule has 2 rings (SSSR count). The summed E-state index contributed by atoms with van der Waals surface area (Å²) in [6.07, 6.45) is -0.680. The first-order valence-electron chi connectivity index (χ1n) is 5.78. The topological polar surface area (TPSA) is 66.6 Å². The minimum absolute atomic E-state index is 0.0196. The zero-order valence-electron chi connectivity index (χ0n) is 10.2. The number of fused-ring (bicyclic) bond motifs is 1. The van der Waals surface area contributed by atoms with Crippen LogP contribution in [0.4, 0.5) is 5.69 Å². The molecule has 0 radical (unpaired) electrons. The van der Waals surface area contributed by atoms with Crippen molar-refractivity contribution in [2.75, 3.05) is 18.0 Å². The molecule has 0 aromatic heterocycles. The molecule has 1 heterocycles. The predicted molar refractivity (Wildman–Crippen MR) is 66.9 cm³/mol. The van der Waals surface area contributed by atoms with Gasteiger partial charge < -0.3 is 15.7 Å². The fraction of sp³-hybridized carbons (Fsp3) is 0.462. The van der Waals surface area contributed by atoms with E-state index >= 15 is 0 Å². The van der Waals surface area contributed by atoms with Crippen molar-refractivity contribution in [1.29, 1.82) is 0 Å². The van der Waals surface area contributed by atoms with E-state index < -0.39 is 11.5 Å². The summed E-state index contributed by atoms with van der Waals surface area (Å²) in [5.41, 5.74) is 6.77. The van der Waals surface area contributed by atoms with Crippen molar-refractivity contribution in [3.05, 3.63) is 29.8 Å². The summed E-state index contributed by atoms with van der Waals surface area (Å²) in [6.45, 7) is 4.23. The van der Waals surface area contributed by atoms with Crippen molar-refractivity contribution in [2.45, 2.75) is 25.4 Å². The van der Waals surface area contributed by atoms with E-state index in [2.05, 4.69) is 0 Å². The van der Waals surface area contributed by atoms with Crippen molar-refractivity contribution < 1.29 is 9.90 Å². The number of hydrogen-bond donors (Lipinski definition) is 2. The fourth-order valence-corrected chi connectivity index (χ4v) is 2.27. The Hall–Kier alpha value is -1.39.